The number of benzene rings is 1. The summed E-state index contributed by atoms with van der Waals surface area (Å²) in [7, 11) is 0. The minimum atomic E-state index is 0.665. The number of rotatable bonds is 6. The van der Waals surface area contributed by atoms with E-state index in [1.807, 2.05) is 36.0 Å². The molecule has 0 atom stereocenters. The molecule has 0 radical (unpaired) electrons. The normalized spacial score (nSPS) is 9.50. The van der Waals surface area contributed by atoms with Crippen molar-refractivity contribution < 1.29 is 0 Å². The minimum absolute atomic E-state index is 0.665. The van der Waals surface area contributed by atoms with Crippen molar-refractivity contribution in [3.8, 4) is 6.07 Å². The number of nitriles is 1. The molecule has 0 amide bonds. The van der Waals surface area contributed by atoms with Gasteiger partial charge in [-0.05, 0) is 34.1 Å². The molecule has 0 saturated carbocycles. The molecule has 2 nitrogen and oxygen atoms in total. The fourth-order valence-electron chi connectivity index (χ4n) is 1.15. The van der Waals surface area contributed by atoms with E-state index in [1.165, 1.54) is 0 Å². The van der Waals surface area contributed by atoms with Crippen LogP contribution in [-0.4, -0.2) is 18.1 Å². The van der Waals surface area contributed by atoms with Crippen molar-refractivity contribution in [2.75, 3.05) is 23.4 Å². The topological polar surface area (TPSA) is 35.8 Å². The average molecular weight is 297 g/mol. The van der Waals surface area contributed by atoms with E-state index in [2.05, 4.69) is 33.9 Å². The van der Waals surface area contributed by atoms with Gasteiger partial charge in [0.2, 0.25) is 0 Å². The Morgan fingerprint density at radius 3 is 3.00 bits per heavy atom. The molecular formula is C12H13BrN2S. The van der Waals surface area contributed by atoms with E-state index in [1.54, 1.807) is 0 Å². The Balaban J connectivity index is 2.43. The Bertz CT molecular complexity index is 398. The Morgan fingerprint density at radius 1 is 1.56 bits per heavy atom. The Morgan fingerprint density at radius 2 is 2.38 bits per heavy atom. The number of nitrogens with zero attached hydrogens (tertiary/aromatic N) is 1. The van der Waals surface area contributed by atoms with Crippen LogP contribution >= 0.6 is 27.7 Å². The zero-order chi connectivity index (χ0) is 11.8. The van der Waals surface area contributed by atoms with Crippen LogP contribution in [0.15, 0.2) is 35.3 Å². The number of anilines is 1. The Labute approximate surface area is 109 Å². The van der Waals surface area contributed by atoms with E-state index in [9.17, 15) is 0 Å². The first kappa shape index (κ1) is 13.1. The van der Waals surface area contributed by atoms with Gasteiger partial charge in [-0.1, -0.05) is 6.08 Å². The molecule has 0 heterocycles. The lowest BCUT2D eigenvalue weighted by atomic mass is 10.2. The summed E-state index contributed by atoms with van der Waals surface area (Å²) in [6.07, 6.45) is 1.91. The molecule has 0 unspecified atom stereocenters. The van der Waals surface area contributed by atoms with Crippen LogP contribution in [-0.2, 0) is 0 Å². The summed E-state index contributed by atoms with van der Waals surface area (Å²) in [5.74, 6) is 2.02. The van der Waals surface area contributed by atoms with E-state index >= 15 is 0 Å². The Kier molecular flexibility index (Phi) is 6.05. The standard InChI is InChI=1S/C12H13BrN2S/c1-2-6-16-7-5-15-12-4-3-10(9-14)8-11(12)13/h2-4,8,15H,1,5-7H2. The molecule has 0 aliphatic rings. The molecule has 0 saturated heterocycles. The highest BCUT2D eigenvalue weighted by Crippen LogP contribution is 2.23. The number of halogens is 1. The molecule has 0 aromatic heterocycles. The maximum atomic E-state index is 8.72. The lowest BCUT2D eigenvalue weighted by Gasteiger charge is -2.07. The average Bonchev–Trinajstić information content (AvgIpc) is 2.30. The van der Waals surface area contributed by atoms with Gasteiger partial charge in [0.15, 0.2) is 0 Å². The lowest BCUT2D eigenvalue weighted by Crippen LogP contribution is -2.04. The van der Waals surface area contributed by atoms with Gasteiger partial charge in [-0.2, -0.15) is 17.0 Å². The molecule has 0 aliphatic carbocycles. The second kappa shape index (κ2) is 7.37. The summed E-state index contributed by atoms with van der Waals surface area (Å²) in [4.78, 5) is 0. The number of thioether (sulfide) groups is 1. The third-order valence-corrected chi connectivity index (χ3v) is 3.52. The first-order valence-corrected chi connectivity index (χ1v) is 6.85. The van der Waals surface area contributed by atoms with E-state index < -0.39 is 0 Å². The summed E-state index contributed by atoms with van der Waals surface area (Å²) in [6, 6.07) is 7.65. The predicted molar refractivity (Wildman–Crippen MR) is 74.9 cm³/mol. The summed E-state index contributed by atoms with van der Waals surface area (Å²) < 4.78 is 0.931. The third kappa shape index (κ3) is 4.30. The van der Waals surface area contributed by atoms with Gasteiger partial charge < -0.3 is 5.32 Å². The van der Waals surface area contributed by atoms with E-state index in [-0.39, 0.29) is 0 Å². The van der Waals surface area contributed by atoms with E-state index in [0.717, 1.165) is 28.2 Å². The van der Waals surface area contributed by atoms with Gasteiger partial charge in [-0.3, -0.25) is 0 Å². The van der Waals surface area contributed by atoms with Crippen molar-refractivity contribution in [3.05, 3.63) is 40.9 Å². The highest BCUT2D eigenvalue weighted by Gasteiger charge is 2.00. The number of nitrogens with one attached hydrogen (secondary N) is 1. The monoisotopic (exact) mass is 296 g/mol. The van der Waals surface area contributed by atoms with Crippen molar-refractivity contribution in [2.24, 2.45) is 0 Å². The molecule has 4 heteroatoms. The molecule has 0 spiro atoms. The molecule has 16 heavy (non-hydrogen) atoms. The lowest BCUT2D eigenvalue weighted by molar-refractivity contribution is 1.22. The summed E-state index contributed by atoms with van der Waals surface area (Å²) >= 11 is 5.27. The zero-order valence-electron chi connectivity index (χ0n) is 8.87. The predicted octanol–water partition coefficient (Wildman–Crippen LogP) is 3.65. The van der Waals surface area contributed by atoms with Crippen LogP contribution in [0.3, 0.4) is 0 Å². The van der Waals surface area contributed by atoms with Gasteiger partial charge in [0.05, 0.1) is 11.6 Å². The first-order chi connectivity index (χ1) is 7.77. The second-order valence-electron chi connectivity index (χ2n) is 3.10. The molecule has 84 valence electrons. The van der Waals surface area contributed by atoms with Crippen LogP contribution < -0.4 is 5.32 Å². The number of hydrogen-bond donors (Lipinski definition) is 1. The van der Waals surface area contributed by atoms with Crippen molar-refractivity contribution in [3.63, 3.8) is 0 Å². The van der Waals surface area contributed by atoms with Crippen molar-refractivity contribution in [1.82, 2.24) is 0 Å². The number of hydrogen-bond acceptors (Lipinski definition) is 3. The third-order valence-electron chi connectivity index (χ3n) is 1.90. The largest absolute Gasteiger partial charge is 0.383 e. The second-order valence-corrected chi connectivity index (χ2v) is 5.10. The molecule has 0 bridgehead atoms. The first-order valence-electron chi connectivity index (χ1n) is 4.90. The van der Waals surface area contributed by atoms with Crippen LogP contribution in [0.5, 0.6) is 0 Å². The van der Waals surface area contributed by atoms with Gasteiger partial charge >= 0.3 is 0 Å². The van der Waals surface area contributed by atoms with Gasteiger partial charge in [-0.15, -0.1) is 6.58 Å². The summed E-state index contributed by atoms with van der Waals surface area (Å²) in [5, 5.41) is 12.0. The van der Waals surface area contributed by atoms with Crippen LogP contribution in [0.1, 0.15) is 5.56 Å². The molecule has 0 aliphatic heterocycles. The molecule has 1 N–H and O–H groups in total. The molecule has 1 aromatic rings. The zero-order valence-corrected chi connectivity index (χ0v) is 11.3. The van der Waals surface area contributed by atoms with Gasteiger partial charge in [0.25, 0.3) is 0 Å². The quantitative estimate of drug-likeness (QED) is 0.643. The van der Waals surface area contributed by atoms with Gasteiger partial charge in [0.1, 0.15) is 0 Å². The summed E-state index contributed by atoms with van der Waals surface area (Å²) in [6.45, 7) is 4.58. The minimum Gasteiger partial charge on any atom is -0.383 e. The van der Waals surface area contributed by atoms with Crippen LogP contribution in [0, 0.1) is 11.3 Å². The van der Waals surface area contributed by atoms with Gasteiger partial charge in [-0.25, -0.2) is 0 Å². The molecular weight excluding hydrogens is 284 g/mol. The van der Waals surface area contributed by atoms with Crippen LogP contribution in [0.4, 0.5) is 5.69 Å². The van der Waals surface area contributed by atoms with Crippen LogP contribution in [0.25, 0.3) is 0 Å². The highest BCUT2D eigenvalue weighted by atomic mass is 79.9. The fourth-order valence-corrected chi connectivity index (χ4v) is 2.25. The maximum absolute atomic E-state index is 8.72. The smallest absolute Gasteiger partial charge is 0.0992 e. The van der Waals surface area contributed by atoms with Crippen molar-refractivity contribution in [1.29, 1.82) is 5.26 Å². The fraction of sp³-hybridized carbons (Fsp3) is 0.250. The van der Waals surface area contributed by atoms with E-state index in [0.29, 0.717) is 5.56 Å². The maximum Gasteiger partial charge on any atom is 0.0992 e. The van der Waals surface area contributed by atoms with Crippen molar-refractivity contribution >= 4 is 33.4 Å². The van der Waals surface area contributed by atoms with Crippen molar-refractivity contribution in [2.45, 2.75) is 0 Å². The SMILES string of the molecule is C=CCSCCNc1ccc(C#N)cc1Br. The molecule has 1 aromatic carbocycles. The highest BCUT2D eigenvalue weighted by molar-refractivity contribution is 9.10. The molecule has 1 rings (SSSR count). The molecule has 0 fully saturated rings. The summed E-state index contributed by atoms with van der Waals surface area (Å²) in [5.41, 5.74) is 1.69. The van der Waals surface area contributed by atoms with Crippen LogP contribution in [0.2, 0.25) is 0 Å². The Hall–Kier alpha value is -0.920. The van der Waals surface area contributed by atoms with E-state index in [4.69, 9.17) is 5.26 Å². The van der Waals surface area contributed by atoms with Gasteiger partial charge in [0, 0.05) is 28.2 Å².